The fourth-order valence-corrected chi connectivity index (χ4v) is 2.58. The second kappa shape index (κ2) is 8.10. The highest BCUT2D eigenvalue weighted by Gasteiger charge is 2.14. The lowest BCUT2D eigenvalue weighted by Crippen LogP contribution is -2.39. The van der Waals surface area contributed by atoms with Crippen LogP contribution in [0.1, 0.15) is 0 Å². The SMILES string of the molecule is COC(=O)/C=C/C(=O)OCCN1CCSCC1=S. The van der Waals surface area contributed by atoms with E-state index in [0.717, 1.165) is 35.2 Å². The first-order valence-corrected chi connectivity index (χ1v) is 6.98. The zero-order valence-electron chi connectivity index (χ0n) is 10.1. The summed E-state index contributed by atoms with van der Waals surface area (Å²) in [6, 6.07) is 0. The van der Waals surface area contributed by atoms with E-state index in [1.54, 1.807) is 0 Å². The van der Waals surface area contributed by atoms with Crippen molar-refractivity contribution in [2.45, 2.75) is 0 Å². The minimum atomic E-state index is -0.582. The van der Waals surface area contributed by atoms with E-state index in [9.17, 15) is 9.59 Å². The van der Waals surface area contributed by atoms with Crippen LogP contribution < -0.4 is 0 Å². The molecule has 0 N–H and O–H groups in total. The standard InChI is InChI=1S/C11H15NO4S2/c1-15-10(13)2-3-11(14)16-6-4-12-5-7-18-8-9(12)17/h2-3H,4-8H2,1H3/b3-2+. The number of thioether (sulfide) groups is 1. The average Bonchev–Trinajstić information content (AvgIpc) is 2.38. The van der Waals surface area contributed by atoms with Crippen LogP contribution in [0.25, 0.3) is 0 Å². The molecule has 0 aliphatic carbocycles. The average molecular weight is 289 g/mol. The van der Waals surface area contributed by atoms with Crippen molar-refractivity contribution in [3.63, 3.8) is 0 Å². The molecule has 7 heteroatoms. The molecule has 0 aromatic carbocycles. The monoisotopic (exact) mass is 289 g/mol. The molecule has 1 fully saturated rings. The van der Waals surface area contributed by atoms with Gasteiger partial charge in [-0.2, -0.15) is 11.8 Å². The quantitative estimate of drug-likeness (QED) is 0.418. The van der Waals surface area contributed by atoms with Crippen molar-refractivity contribution in [1.29, 1.82) is 0 Å². The summed E-state index contributed by atoms with van der Waals surface area (Å²) in [4.78, 5) is 24.9. The van der Waals surface area contributed by atoms with Gasteiger partial charge in [-0.15, -0.1) is 0 Å². The molecule has 0 radical (unpaired) electrons. The number of methoxy groups -OCH3 is 1. The maximum atomic E-state index is 11.2. The van der Waals surface area contributed by atoms with E-state index in [1.807, 2.05) is 16.7 Å². The first-order valence-electron chi connectivity index (χ1n) is 5.42. The van der Waals surface area contributed by atoms with Gasteiger partial charge in [0.25, 0.3) is 0 Å². The van der Waals surface area contributed by atoms with Crippen LogP contribution in [-0.4, -0.2) is 60.1 Å². The smallest absolute Gasteiger partial charge is 0.331 e. The van der Waals surface area contributed by atoms with E-state index in [4.69, 9.17) is 17.0 Å². The van der Waals surface area contributed by atoms with Crippen molar-refractivity contribution in [2.75, 3.05) is 38.3 Å². The number of esters is 2. The number of hydrogen-bond donors (Lipinski definition) is 0. The highest BCUT2D eigenvalue weighted by Crippen LogP contribution is 2.11. The maximum Gasteiger partial charge on any atom is 0.331 e. The number of rotatable bonds is 5. The van der Waals surface area contributed by atoms with E-state index in [0.29, 0.717) is 6.54 Å². The minimum Gasteiger partial charge on any atom is -0.466 e. The fourth-order valence-electron chi connectivity index (χ4n) is 1.30. The van der Waals surface area contributed by atoms with Crippen LogP contribution in [0, 0.1) is 0 Å². The Morgan fingerprint density at radius 2 is 2.17 bits per heavy atom. The number of carbonyl (C=O) groups is 2. The van der Waals surface area contributed by atoms with Gasteiger partial charge in [0.05, 0.1) is 18.6 Å². The van der Waals surface area contributed by atoms with Crippen molar-refractivity contribution in [1.82, 2.24) is 4.90 Å². The summed E-state index contributed by atoms with van der Waals surface area (Å²) >= 11 is 7.00. The predicted octanol–water partition coefficient (Wildman–Crippen LogP) is 0.635. The van der Waals surface area contributed by atoms with Crippen molar-refractivity contribution >= 4 is 40.9 Å². The zero-order valence-corrected chi connectivity index (χ0v) is 11.7. The third-order valence-electron chi connectivity index (χ3n) is 2.25. The molecule has 0 unspecified atom stereocenters. The Kier molecular flexibility index (Phi) is 6.74. The van der Waals surface area contributed by atoms with E-state index in [2.05, 4.69) is 4.74 Å². The van der Waals surface area contributed by atoms with E-state index < -0.39 is 11.9 Å². The van der Waals surface area contributed by atoms with Crippen molar-refractivity contribution < 1.29 is 19.1 Å². The van der Waals surface area contributed by atoms with Crippen LogP contribution in [-0.2, 0) is 19.1 Å². The van der Waals surface area contributed by atoms with Gasteiger partial charge in [-0.05, 0) is 0 Å². The Labute approximate surface area is 115 Å². The molecule has 0 aromatic rings. The van der Waals surface area contributed by atoms with Crippen molar-refractivity contribution in [3.05, 3.63) is 12.2 Å². The second-order valence-corrected chi connectivity index (χ2v) is 5.03. The van der Waals surface area contributed by atoms with Crippen molar-refractivity contribution in [2.24, 2.45) is 0 Å². The number of thiocarbonyl (C=S) groups is 1. The van der Waals surface area contributed by atoms with E-state index >= 15 is 0 Å². The summed E-state index contributed by atoms with van der Waals surface area (Å²) in [6.45, 7) is 1.74. The summed E-state index contributed by atoms with van der Waals surface area (Å²) in [6.07, 6.45) is 2.08. The zero-order chi connectivity index (χ0) is 13.4. The Hall–Kier alpha value is -1.08. The van der Waals surface area contributed by atoms with Crippen LogP contribution in [0.2, 0.25) is 0 Å². The predicted molar refractivity (Wildman–Crippen MR) is 73.6 cm³/mol. The lowest BCUT2D eigenvalue weighted by molar-refractivity contribution is -0.139. The second-order valence-electron chi connectivity index (χ2n) is 3.46. The highest BCUT2D eigenvalue weighted by atomic mass is 32.2. The number of ether oxygens (including phenoxy) is 2. The minimum absolute atomic E-state index is 0.259. The lowest BCUT2D eigenvalue weighted by Gasteiger charge is -2.28. The summed E-state index contributed by atoms with van der Waals surface area (Å²) in [5, 5.41) is 0. The molecule has 5 nitrogen and oxygen atoms in total. The molecule has 0 bridgehead atoms. The topological polar surface area (TPSA) is 55.8 Å². The molecule has 1 heterocycles. The van der Waals surface area contributed by atoms with Gasteiger partial charge in [0, 0.05) is 30.2 Å². The van der Waals surface area contributed by atoms with Crippen LogP contribution in [0.3, 0.4) is 0 Å². The van der Waals surface area contributed by atoms with Crippen LogP contribution in [0.5, 0.6) is 0 Å². The van der Waals surface area contributed by atoms with Gasteiger partial charge in [-0.3, -0.25) is 0 Å². The highest BCUT2D eigenvalue weighted by molar-refractivity contribution is 8.01. The van der Waals surface area contributed by atoms with Crippen LogP contribution in [0.4, 0.5) is 0 Å². The Morgan fingerprint density at radius 1 is 1.44 bits per heavy atom. The molecule has 1 rings (SSSR count). The first-order chi connectivity index (χ1) is 8.63. The Balaban J connectivity index is 2.20. The molecule has 0 spiro atoms. The normalized spacial score (nSPS) is 15.8. The largest absolute Gasteiger partial charge is 0.466 e. The van der Waals surface area contributed by atoms with Gasteiger partial charge in [0.15, 0.2) is 0 Å². The maximum absolute atomic E-state index is 11.2. The molecule has 1 saturated heterocycles. The molecule has 100 valence electrons. The van der Waals surface area contributed by atoms with Gasteiger partial charge in [-0.1, -0.05) is 12.2 Å². The number of nitrogens with zero attached hydrogens (tertiary/aromatic N) is 1. The van der Waals surface area contributed by atoms with E-state index in [1.165, 1.54) is 7.11 Å². The fraction of sp³-hybridized carbons (Fsp3) is 0.545. The van der Waals surface area contributed by atoms with Gasteiger partial charge in [0.2, 0.25) is 0 Å². The molecule has 0 aromatic heterocycles. The first kappa shape index (κ1) is 15.0. The lowest BCUT2D eigenvalue weighted by atomic mass is 10.4. The molecule has 1 aliphatic rings. The summed E-state index contributed by atoms with van der Waals surface area (Å²) in [7, 11) is 1.24. The Bertz CT molecular complexity index is 357. The summed E-state index contributed by atoms with van der Waals surface area (Å²) in [5.74, 6) is 0.751. The third-order valence-corrected chi connectivity index (χ3v) is 3.78. The van der Waals surface area contributed by atoms with Crippen LogP contribution >= 0.6 is 24.0 Å². The molecule has 0 atom stereocenters. The summed E-state index contributed by atoms with van der Waals surface area (Å²) in [5.41, 5.74) is 0. The van der Waals surface area contributed by atoms with E-state index in [-0.39, 0.29) is 6.61 Å². The molecule has 18 heavy (non-hydrogen) atoms. The van der Waals surface area contributed by atoms with Crippen molar-refractivity contribution in [3.8, 4) is 0 Å². The summed E-state index contributed by atoms with van der Waals surface area (Å²) < 4.78 is 9.30. The molecule has 1 aliphatic heterocycles. The molecular weight excluding hydrogens is 274 g/mol. The van der Waals surface area contributed by atoms with Gasteiger partial charge in [-0.25, -0.2) is 9.59 Å². The third kappa shape index (κ3) is 5.50. The van der Waals surface area contributed by atoms with Gasteiger partial charge in [0.1, 0.15) is 6.61 Å². The Morgan fingerprint density at radius 3 is 2.83 bits per heavy atom. The van der Waals surface area contributed by atoms with Crippen LogP contribution in [0.15, 0.2) is 12.2 Å². The van der Waals surface area contributed by atoms with Gasteiger partial charge < -0.3 is 14.4 Å². The molecule has 0 saturated carbocycles. The number of hydrogen-bond acceptors (Lipinski definition) is 6. The number of carbonyl (C=O) groups excluding carboxylic acids is 2. The molecule has 0 amide bonds. The van der Waals surface area contributed by atoms with Gasteiger partial charge >= 0.3 is 11.9 Å². The molecular formula is C11H15NO4S2.